The molecule has 0 aliphatic heterocycles. The van der Waals surface area contributed by atoms with Crippen molar-refractivity contribution in [1.82, 2.24) is 0 Å². The maximum Gasteiger partial charge on any atom is 0.250 e. The van der Waals surface area contributed by atoms with Crippen LogP contribution in [0.5, 0.6) is 0 Å². The normalized spacial score (nSPS) is 11.9. The summed E-state index contributed by atoms with van der Waals surface area (Å²) in [5.74, 6) is -0.884. The molecule has 0 aliphatic carbocycles. The zero-order chi connectivity index (χ0) is 12.8. The van der Waals surface area contributed by atoms with Gasteiger partial charge in [-0.25, -0.2) is 0 Å². The number of primary amides is 1. The molecule has 0 bridgehead atoms. The Hall–Kier alpha value is -1.88. The van der Waals surface area contributed by atoms with Crippen LogP contribution >= 0.6 is 0 Å². The number of hydrogen-bond donors (Lipinski definition) is 3. The average molecular weight is 235 g/mol. The summed E-state index contributed by atoms with van der Waals surface area (Å²) in [6.45, 7) is 1.95. The molecule has 92 valence electrons. The van der Waals surface area contributed by atoms with E-state index in [2.05, 4.69) is 5.32 Å². The lowest BCUT2D eigenvalue weighted by atomic mass is 10.1. The van der Waals surface area contributed by atoms with E-state index in [1.165, 1.54) is 0 Å². The van der Waals surface area contributed by atoms with Gasteiger partial charge in [0.25, 0.3) is 5.91 Å². The summed E-state index contributed by atoms with van der Waals surface area (Å²) in [5, 5.41) is 2.61. The molecule has 0 aromatic heterocycles. The van der Waals surface area contributed by atoms with Crippen LogP contribution in [0.2, 0.25) is 0 Å². The molecule has 2 amide bonds. The molecule has 0 heterocycles. The molecule has 5 nitrogen and oxygen atoms in total. The van der Waals surface area contributed by atoms with Gasteiger partial charge >= 0.3 is 0 Å². The van der Waals surface area contributed by atoms with E-state index in [1.54, 1.807) is 24.3 Å². The van der Waals surface area contributed by atoms with Crippen LogP contribution in [0.1, 0.15) is 30.1 Å². The van der Waals surface area contributed by atoms with Gasteiger partial charge < -0.3 is 16.8 Å². The topological polar surface area (TPSA) is 98.2 Å². The second-order valence-electron chi connectivity index (χ2n) is 3.79. The molecular formula is C12H17N3O2. The highest BCUT2D eigenvalue weighted by atomic mass is 16.2. The third kappa shape index (κ3) is 3.57. The van der Waals surface area contributed by atoms with Crippen LogP contribution in [-0.2, 0) is 4.79 Å². The highest BCUT2D eigenvalue weighted by Crippen LogP contribution is 2.14. The minimum atomic E-state index is -0.579. The largest absolute Gasteiger partial charge is 0.366 e. The zero-order valence-electron chi connectivity index (χ0n) is 9.77. The smallest absolute Gasteiger partial charge is 0.250 e. The molecule has 5 heteroatoms. The first kappa shape index (κ1) is 13.2. The van der Waals surface area contributed by atoms with Crippen LogP contribution in [-0.4, -0.2) is 17.9 Å². The van der Waals surface area contributed by atoms with Crippen molar-refractivity contribution in [3.63, 3.8) is 0 Å². The molecule has 0 spiro atoms. The molecule has 0 saturated heterocycles. The average Bonchev–Trinajstić information content (AvgIpc) is 2.29. The number of carbonyl (C=O) groups excluding carboxylic acids is 2. The molecule has 1 aromatic rings. The van der Waals surface area contributed by atoms with Crippen LogP contribution in [0.3, 0.4) is 0 Å². The Balaban J connectivity index is 2.81. The maximum absolute atomic E-state index is 11.7. The van der Waals surface area contributed by atoms with E-state index >= 15 is 0 Å². The molecule has 0 radical (unpaired) electrons. The van der Waals surface area contributed by atoms with Crippen molar-refractivity contribution in [3.8, 4) is 0 Å². The fourth-order valence-electron chi connectivity index (χ4n) is 1.47. The molecule has 1 atom stereocenters. The van der Waals surface area contributed by atoms with Crippen LogP contribution in [0.25, 0.3) is 0 Å². The van der Waals surface area contributed by atoms with Crippen molar-refractivity contribution in [2.75, 3.05) is 5.32 Å². The number of carbonyl (C=O) groups is 2. The Kier molecular flexibility index (Phi) is 4.66. The van der Waals surface area contributed by atoms with E-state index in [1.807, 2.05) is 6.92 Å². The lowest BCUT2D eigenvalue weighted by molar-refractivity contribution is -0.117. The molecule has 0 saturated carbocycles. The molecule has 0 fully saturated rings. The Morgan fingerprint density at radius 3 is 2.59 bits per heavy atom. The predicted octanol–water partition coefficient (Wildman–Crippen LogP) is 0.851. The quantitative estimate of drug-likeness (QED) is 0.705. The predicted molar refractivity (Wildman–Crippen MR) is 66.5 cm³/mol. The number of amides is 2. The van der Waals surface area contributed by atoms with Crippen molar-refractivity contribution in [1.29, 1.82) is 0 Å². The van der Waals surface area contributed by atoms with Crippen LogP contribution < -0.4 is 16.8 Å². The summed E-state index contributed by atoms with van der Waals surface area (Å²) >= 11 is 0. The summed E-state index contributed by atoms with van der Waals surface area (Å²) in [4.78, 5) is 22.8. The Bertz CT molecular complexity index is 418. The number of anilines is 1. The van der Waals surface area contributed by atoms with Crippen LogP contribution in [0, 0.1) is 0 Å². The maximum atomic E-state index is 11.7. The SMILES string of the molecule is CCCC(N)C(=O)Nc1ccccc1C(N)=O. The lowest BCUT2D eigenvalue weighted by Crippen LogP contribution is -2.35. The number of nitrogens with one attached hydrogen (secondary N) is 1. The zero-order valence-corrected chi connectivity index (χ0v) is 9.77. The first-order valence-electron chi connectivity index (χ1n) is 5.51. The van der Waals surface area contributed by atoms with Crippen molar-refractivity contribution < 1.29 is 9.59 Å². The summed E-state index contributed by atoms with van der Waals surface area (Å²) in [6, 6.07) is 6.01. The van der Waals surface area contributed by atoms with Gasteiger partial charge in [0.2, 0.25) is 5.91 Å². The number of benzene rings is 1. The minimum Gasteiger partial charge on any atom is -0.366 e. The fraction of sp³-hybridized carbons (Fsp3) is 0.333. The number of rotatable bonds is 5. The summed E-state index contributed by atoms with van der Waals surface area (Å²) in [5.41, 5.74) is 11.6. The van der Waals surface area contributed by atoms with Gasteiger partial charge in [0.15, 0.2) is 0 Å². The highest BCUT2D eigenvalue weighted by Gasteiger charge is 2.15. The van der Waals surface area contributed by atoms with E-state index < -0.39 is 11.9 Å². The van der Waals surface area contributed by atoms with E-state index in [4.69, 9.17) is 11.5 Å². The molecule has 1 rings (SSSR count). The fourth-order valence-corrected chi connectivity index (χ4v) is 1.47. The molecule has 1 aromatic carbocycles. The second-order valence-corrected chi connectivity index (χ2v) is 3.79. The first-order valence-corrected chi connectivity index (χ1v) is 5.51. The molecule has 17 heavy (non-hydrogen) atoms. The van der Waals surface area contributed by atoms with E-state index in [-0.39, 0.29) is 11.5 Å². The highest BCUT2D eigenvalue weighted by molar-refractivity contribution is 6.04. The number of nitrogens with two attached hydrogens (primary N) is 2. The lowest BCUT2D eigenvalue weighted by Gasteiger charge is -2.12. The van der Waals surface area contributed by atoms with Crippen molar-refractivity contribution >= 4 is 17.5 Å². The van der Waals surface area contributed by atoms with Gasteiger partial charge in [-0.1, -0.05) is 25.5 Å². The van der Waals surface area contributed by atoms with Gasteiger partial charge in [-0.3, -0.25) is 9.59 Å². The van der Waals surface area contributed by atoms with E-state index in [0.717, 1.165) is 6.42 Å². The standard InChI is InChI=1S/C12H17N3O2/c1-2-5-9(13)12(17)15-10-7-4-3-6-8(10)11(14)16/h3-4,6-7,9H,2,5,13H2,1H3,(H2,14,16)(H,15,17). The van der Waals surface area contributed by atoms with Crippen molar-refractivity contribution in [2.45, 2.75) is 25.8 Å². The summed E-state index contributed by atoms with van der Waals surface area (Å²) < 4.78 is 0. The Morgan fingerprint density at radius 1 is 1.35 bits per heavy atom. The van der Waals surface area contributed by atoms with Gasteiger partial charge in [0.1, 0.15) is 0 Å². The minimum absolute atomic E-state index is 0.282. The summed E-state index contributed by atoms with van der Waals surface area (Å²) in [7, 11) is 0. The van der Waals surface area contributed by atoms with Gasteiger partial charge in [-0.2, -0.15) is 0 Å². The van der Waals surface area contributed by atoms with Crippen LogP contribution in [0.4, 0.5) is 5.69 Å². The van der Waals surface area contributed by atoms with E-state index in [9.17, 15) is 9.59 Å². The van der Waals surface area contributed by atoms with Crippen LogP contribution in [0.15, 0.2) is 24.3 Å². The molecule has 5 N–H and O–H groups in total. The molecule has 0 aliphatic rings. The van der Waals surface area contributed by atoms with Gasteiger partial charge in [-0.05, 0) is 18.6 Å². The first-order chi connectivity index (χ1) is 8.06. The van der Waals surface area contributed by atoms with Gasteiger partial charge in [0.05, 0.1) is 17.3 Å². The van der Waals surface area contributed by atoms with Gasteiger partial charge in [-0.15, -0.1) is 0 Å². The van der Waals surface area contributed by atoms with Crippen molar-refractivity contribution in [3.05, 3.63) is 29.8 Å². The van der Waals surface area contributed by atoms with Gasteiger partial charge in [0, 0.05) is 0 Å². The molecular weight excluding hydrogens is 218 g/mol. The molecule has 1 unspecified atom stereocenters. The Labute approximate surface area is 100 Å². The summed E-state index contributed by atoms with van der Waals surface area (Å²) in [6.07, 6.45) is 1.43. The second kappa shape index (κ2) is 6.00. The Morgan fingerprint density at radius 2 is 2.00 bits per heavy atom. The third-order valence-corrected chi connectivity index (χ3v) is 2.39. The monoisotopic (exact) mass is 235 g/mol. The van der Waals surface area contributed by atoms with Crippen molar-refractivity contribution in [2.24, 2.45) is 11.5 Å². The third-order valence-electron chi connectivity index (χ3n) is 2.39. The van der Waals surface area contributed by atoms with E-state index in [0.29, 0.717) is 12.1 Å². The number of hydrogen-bond acceptors (Lipinski definition) is 3. The number of para-hydroxylation sites is 1.